The first-order valence-corrected chi connectivity index (χ1v) is 5.55. The first-order chi connectivity index (χ1) is 7.16. The van der Waals surface area contributed by atoms with Crippen LogP contribution in [0.2, 0.25) is 0 Å². The van der Waals surface area contributed by atoms with E-state index in [4.69, 9.17) is 0 Å². The predicted octanol–water partition coefficient (Wildman–Crippen LogP) is 1.39. The monoisotopic (exact) mass is 206 g/mol. The van der Waals surface area contributed by atoms with Gasteiger partial charge >= 0.3 is 0 Å². The van der Waals surface area contributed by atoms with Crippen LogP contribution in [-0.2, 0) is 12.8 Å². The van der Waals surface area contributed by atoms with E-state index in [2.05, 4.69) is 11.1 Å². The zero-order chi connectivity index (χ0) is 10.8. The first kappa shape index (κ1) is 10.4. The lowest BCUT2D eigenvalue weighted by molar-refractivity contribution is 0.201. The van der Waals surface area contributed by atoms with Crippen molar-refractivity contribution >= 4 is 5.82 Å². The summed E-state index contributed by atoms with van der Waals surface area (Å²) < 4.78 is 0. The third kappa shape index (κ3) is 2.29. The van der Waals surface area contributed by atoms with Crippen LogP contribution in [0, 0.1) is 0 Å². The second-order valence-electron chi connectivity index (χ2n) is 4.36. The molecule has 1 N–H and O–H groups in total. The van der Waals surface area contributed by atoms with Gasteiger partial charge in [0.15, 0.2) is 0 Å². The van der Waals surface area contributed by atoms with Crippen LogP contribution in [0.1, 0.15) is 24.6 Å². The van der Waals surface area contributed by atoms with E-state index in [9.17, 15) is 5.11 Å². The maximum atomic E-state index is 9.31. The van der Waals surface area contributed by atoms with Crippen LogP contribution in [0.4, 0.5) is 5.82 Å². The van der Waals surface area contributed by atoms with Gasteiger partial charge in [0.1, 0.15) is 5.82 Å². The summed E-state index contributed by atoms with van der Waals surface area (Å²) in [4.78, 5) is 6.62. The Morgan fingerprint density at radius 1 is 1.47 bits per heavy atom. The van der Waals surface area contributed by atoms with Gasteiger partial charge < -0.3 is 10.0 Å². The Hall–Kier alpha value is -1.09. The molecule has 0 aromatic carbocycles. The summed E-state index contributed by atoms with van der Waals surface area (Å²) in [5.74, 6) is 0.969. The van der Waals surface area contributed by atoms with Crippen molar-refractivity contribution in [3.05, 3.63) is 23.4 Å². The maximum absolute atomic E-state index is 9.31. The Morgan fingerprint density at radius 2 is 2.27 bits per heavy atom. The van der Waals surface area contributed by atoms with Crippen molar-refractivity contribution in [1.82, 2.24) is 4.98 Å². The Bertz CT molecular complexity index is 349. The van der Waals surface area contributed by atoms with E-state index >= 15 is 0 Å². The van der Waals surface area contributed by atoms with Crippen LogP contribution >= 0.6 is 0 Å². The summed E-state index contributed by atoms with van der Waals surface area (Å²) in [6, 6.07) is 4.22. The van der Waals surface area contributed by atoms with Crippen LogP contribution in [0.3, 0.4) is 0 Å². The van der Waals surface area contributed by atoms with Crippen molar-refractivity contribution in [3.8, 4) is 0 Å². The zero-order valence-corrected chi connectivity index (χ0v) is 9.40. The Balaban J connectivity index is 2.15. The van der Waals surface area contributed by atoms with E-state index < -0.39 is 0 Å². The molecule has 82 valence electrons. The zero-order valence-electron chi connectivity index (χ0n) is 9.40. The summed E-state index contributed by atoms with van der Waals surface area (Å²) in [6.07, 6.45) is 3.19. The number of nitrogens with zero attached hydrogens (tertiary/aromatic N) is 2. The van der Waals surface area contributed by atoms with Gasteiger partial charge in [-0.2, -0.15) is 0 Å². The highest BCUT2D eigenvalue weighted by Gasteiger charge is 2.14. The molecule has 15 heavy (non-hydrogen) atoms. The van der Waals surface area contributed by atoms with Crippen molar-refractivity contribution < 1.29 is 5.11 Å². The topological polar surface area (TPSA) is 36.4 Å². The Morgan fingerprint density at radius 3 is 3.00 bits per heavy atom. The largest absolute Gasteiger partial charge is 0.392 e. The number of hydrogen-bond acceptors (Lipinski definition) is 3. The minimum absolute atomic E-state index is 0.315. The average molecular weight is 206 g/mol. The predicted molar refractivity (Wildman–Crippen MR) is 61.2 cm³/mol. The van der Waals surface area contributed by atoms with Crippen molar-refractivity contribution in [2.45, 2.75) is 32.3 Å². The Labute approximate surface area is 90.8 Å². The third-order valence-corrected chi connectivity index (χ3v) is 2.84. The summed E-state index contributed by atoms with van der Waals surface area (Å²) in [7, 11) is 1.97. The normalized spacial score (nSPS) is 16.2. The molecule has 0 aliphatic heterocycles. The van der Waals surface area contributed by atoms with Crippen molar-refractivity contribution in [2.24, 2.45) is 0 Å². The quantitative estimate of drug-likeness (QED) is 0.812. The number of rotatable bonds is 3. The number of aliphatic hydroxyl groups excluding tert-OH is 1. The highest BCUT2D eigenvalue weighted by Crippen LogP contribution is 2.22. The van der Waals surface area contributed by atoms with E-state index in [1.807, 2.05) is 18.0 Å². The summed E-state index contributed by atoms with van der Waals surface area (Å²) in [5, 5.41) is 9.31. The fraction of sp³-hybridized carbons (Fsp3) is 0.583. The van der Waals surface area contributed by atoms with Crippen LogP contribution in [-0.4, -0.2) is 29.8 Å². The number of pyridine rings is 1. The lowest BCUT2D eigenvalue weighted by Crippen LogP contribution is -2.27. The van der Waals surface area contributed by atoms with Crippen LogP contribution in [0.15, 0.2) is 12.1 Å². The lowest BCUT2D eigenvalue weighted by atomic mass is 10.2. The number of likely N-dealkylation sites (N-methyl/N-ethyl adjacent to an activating group) is 1. The van der Waals surface area contributed by atoms with Gasteiger partial charge in [-0.3, -0.25) is 0 Å². The molecule has 0 fully saturated rings. The van der Waals surface area contributed by atoms with Gasteiger partial charge in [0.25, 0.3) is 0 Å². The molecule has 1 heterocycles. The smallest absolute Gasteiger partial charge is 0.128 e. The van der Waals surface area contributed by atoms with Crippen LogP contribution < -0.4 is 4.90 Å². The number of aromatic nitrogens is 1. The van der Waals surface area contributed by atoms with Crippen LogP contribution in [0.25, 0.3) is 0 Å². The van der Waals surface area contributed by atoms with Crippen molar-refractivity contribution in [3.63, 3.8) is 0 Å². The molecule has 1 aliphatic rings. The van der Waals surface area contributed by atoms with Gasteiger partial charge in [0.2, 0.25) is 0 Å². The van der Waals surface area contributed by atoms with Gasteiger partial charge in [-0.1, -0.05) is 6.07 Å². The highest BCUT2D eigenvalue weighted by molar-refractivity contribution is 5.42. The number of aryl methyl sites for hydroxylation is 2. The molecule has 1 aromatic heterocycles. The summed E-state index contributed by atoms with van der Waals surface area (Å²) in [5.41, 5.74) is 2.63. The van der Waals surface area contributed by atoms with E-state index in [1.165, 1.54) is 24.1 Å². The molecule has 3 nitrogen and oxygen atoms in total. The van der Waals surface area contributed by atoms with Crippen molar-refractivity contribution in [1.29, 1.82) is 0 Å². The molecular weight excluding hydrogens is 188 g/mol. The summed E-state index contributed by atoms with van der Waals surface area (Å²) >= 11 is 0. The SMILES string of the molecule is CC(O)CN(C)c1ccc2c(n1)CCC2. The fourth-order valence-corrected chi connectivity index (χ4v) is 2.11. The van der Waals surface area contributed by atoms with Gasteiger partial charge in [0.05, 0.1) is 6.10 Å². The molecular formula is C12H18N2O. The van der Waals surface area contributed by atoms with E-state index in [0.717, 1.165) is 12.2 Å². The molecule has 1 aromatic rings. The number of fused-ring (bicyclic) bond motifs is 1. The molecule has 0 spiro atoms. The molecule has 2 rings (SSSR count). The second kappa shape index (κ2) is 4.19. The van der Waals surface area contributed by atoms with E-state index in [0.29, 0.717) is 6.54 Å². The van der Waals surface area contributed by atoms with Gasteiger partial charge in [-0.15, -0.1) is 0 Å². The second-order valence-corrected chi connectivity index (χ2v) is 4.36. The molecule has 3 heteroatoms. The van der Waals surface area contributed by atoms with Gasteiger partial charge in [-0.05, 0) is 37.8 Å². The van der Waals surface area contributed by atoms with Gasteiger partial charge in [0, 0.05) is 19.3 Å². The van der Waals surface area contributed by atoms with E-state index in [1.54, 1.807) is 6.92 Å². The lowest BCUT2D eigenvalue weighted by Gasteiger charge is -2.20. The minimum Gasteiger partial charge on any atom is -0.392 e. The molecule has 0 bridgehead atoms. The minimum atomic E-state index is -0.315. The molecule has 1 unspecified atom stereocenters. The number of anilines is 1. The Kier molecular flexibility index (Phi) is 2.91. The molecule has 0 amide bonds. The highest BCUT2D eigenvalue weighted by atomic mass is 16.3. The molecule has 1 atom stereocenters. The summed E-state index contributed by atoms with van der Waals surface area (Å²) in [6.45, 7) is 2.43. The molecule has 0 saturated heterocycles. The van der Waals surface area contributed by atoms with Crippen LogP contribution in [0.5, 0.6) is 0 Å². The maximum Gasteiger partial charge on any atom is 0.128 e. The number of aliphatic hydroxyl groups is 1. The van der Waals surface area contributed by atoms with Crippen molar-refractivity contribution in [2.75, 3.05) is 18.5 Å². The molecule has 1 aliphatic carbocycles. The third-order valence-electron chi connectivity index (χ3n) is 2.84. The molecule has 0 saturated carbocycles. The average Bonchev–Trinajstić information content (AvgIpc) is 2.62. The number of hydrogen-bond donors (Lipinski definition) is 1. The first-order valence-electron chi connectivity index (χ1n) is 5.55. The van der Waals surface area contributed by atoms with Gasteiger partial charge in [-0.25, -0.2) is 4.98 Å². The molecule has 0 radical (unpaired) electrons. The standard InChI is InChI=1S/C12H18N2O/c1-9(15)8-14(2)12-7-6-10-4-3-5-11(10)13-12/h6-7,9,15H,3-5,8H2,1-2H3. The fourth-order valence-electron chi connectivity index (χ4n) is 2.11. The van der Waals surface area contributed by atoms with E-state index in [-0.39, 0.29) is 6.10 Å².